The van der Waals surface area contributed by atoms with Crippen LogP contribution in [-0.2, 0) is 11.8 Å². The number of fused-ring (bicyclic) bond motifs is 1. The summed E-state index contributed by atoms with van der Waals surface area (Å²) in [5.74, 6) is -0.0810. The maximum atomic E-state index is 12.6. The Morgan fingerprint density at radius 1 is 1.26 bits per heavy atom. The number of hydrogen-bond donors (Lipinski definition) is 1. The van der Waals surface area contributed by atoms with Crippen molar-refractivity contribution in [2.75, 3.05) is 0 Å². The molecule has 0 unspecified atom stereocenters. The summed E-state index contributed by atoms with van der Waals surface area (Å²) < 4.78 is 3.50. The van der Waals surface area contributed by atoms with Crippen LogP contribution in [0.25, 0.3) is 11.0 Å². The lowest BCUT2D eigenvalue weighted by atomic mass is 10.1. The minimum atomic E-state index is -0.417. The summed E-state index contributed by atoms with van der Waals surface area (Å²) >= 11 is 0. The molecule has 1 amide bonds. The van der Waals surface area contributed by atoms with Gasteiger partial charge >= 0.3 is 0 Å². The quantitative estimate of drug-likeness (QED) is 0.798. The third-order valence-corrected chi connectivity index (χ3v) is 4.08. The number of carbonyl (C=O) groups is 1. The fraction of sp³-hybridized carbons (Fsp3) is 0.375. The molecular weight excluding hydrogens is 292 g/mol. The molecule has 0 bridgehead atoms. The van der Waals surface area contributed by atoms with Crippen LogP contribution in [0.1, 0.15) is 37.2 Å². The molecule has 0 aliphatic rings. The molecule has 0 saturated carbocycles. The van der Waals surface area contributed by atoms with Crippen LogP contribution in [0.3, 0.4) is 0 Å². The molecule has 0 aromatic carbocycles. The average Bonchev–Trinajstić information content (AvgIpc) is 3.10. The molecule has 7 nitrogen and oxygen atoms in total. The van der Waals surface area contributed by atoms with Gasteiger partial charge in [0.2, 0.25) is 5.91 Å². The van der Waals surface area contributed by atoms with E-state index in [4.69, 9.17) is 0 Å². The SMILES string of the molecule is Cc1nn(C)c2cnn([C@@H](C)C(=O)N[C@H](C)c3ccncc3)c12. The van der Waals surface area contributed by atoms with Gasteiger partial charge in [-0.15, -0.1) is 0 Å². The Morgan fingerprint density at radius 2 is 1.96 bits per heavy atom. The minimum Gasteiger partial charge on any atom is -0.348 e. The molecular formula is C16H20N6O. The van der Waals surface area contributed by atoms with E-state index >= 15 is 0 Å². The monoisotopic (exact) mass is 312 g/mol. The van der Waals surface area contributed by atoms with Gasteiger partial charge in [0, 0.05) is 19.4 Å². The summed E-state index contributed by atoms with van der Waals surface area (Å²) in [5.41, 5.74) is 3.70. The van der Waals surface area contributed by atoms with E-state index in [1.807, 2.05) is 40.0 Å². The largest absolute Gasteiger partial charge is 0.348 e. The normalized spacial score (nSPS) is 13.9. The van der Waals surface area contributed by atoms with Crippen LogP contribution in [-0.4, -0.2) is 30.5 Å². The first-order valence-corrected chi connectivity index (χ1v) is 7.56. The molecule has 120 valence electrons. The number of pyridine rings is 1. The van der Waals surface area contributed by atoms with Crippen LogP contribution in [0.2, 0.25) is 0 Å². The molecule has 0 aliphatic carbocycles. The summed E-state index contributed by atoms with van der Waals surface area (Å²) in [7, 11) is 1.87. The number of aryl methyl sites for hydroxylation is 2. The van der Waals surface area contributed by atoms with Crippen molar-refractivity contribution in [2.24, 2.45) is 7.05 Å². The number of amides is 1. The second-order valence-electron chi connectivity index (χ2n) is 5.72. The highest BCUT2D eigenvalue weighted by atomic mass is 16.2. The Balaban J connectivity index is 1.82. The lowest BCUT2D eigenvalue weighted by molar-refractivity contribution is -0.124. The summed E-state index contributed by atoms with van der Waals surface area (Å²) in [6.45, 7) is 5.71. The third kappa shape index (κ3) is 2.69. The highest BCUT2D eigenvalue weighted by Crippen LogP contribution is 2.21. The summed E-state index contributed by atoms with van der Waals surface area (Å²) in [5, 5.41) is 11.8. The van der Waals surface area contributed by atoms with Crippen molar-refractivity contribution in [3.8, 4) is 0 Å². The van der Waals surface area contributed by atoms with Gasteiger partial charge in [0.05, 0.1) is 17.9 Å². The van der Waals surface area contributed by atoms with Crippen LogP contribution in [0, 0.1) is 6.92 Å². The molecule has 23 heavy (non-hydrogen) atoms. The zero-order valence-corrected chi connectivity index (χ0v) is 13.7. The molecule has 0 fully saturated rings. The molecule has 0 aliphatic heterocycles. The summed E-state index contributed by atoms with van der Waals surface area (Å²) in [4.78, 5) is 16.6. The molecule has 2 atom stereocenters. The standard InChI is InChI=1S/C16H20N6O/c1-10(13-5-7-17-8-6-13)19-16(23)12(3)22-15-11(2)20-21(4)14(15)9-18-22/h5-10,12H,1-4H3,(H,19,23)/t10-,12+/m1/s1. The van der Waals surface area contributed by atoms with Gasteiger partial charge in [0.1, 0.15) is 17.1 Å². The van der Waals surface area contributed by atoms with Crippen molar-refractivity contribution < 1.29 is 4.79 Å². The van der Waals surface area contributed by atoms with E-state index in [1.54, 1.807) is 28.0 Å². The minimum absolute atomic E-state index is 0.0810. The topological polar surface area (TPSA) is 77.6 Å². The second-order valence-corrected chi connectivity index (χ2v) is 5.72. The lowest BCUT2D eigenvalue weighted by Gasteiger charge is -2.18. The molecule has 0 saturated heterocycles. The second kappa shape index (κ2) is 5.83. The summed E-state index contributed by atoms with van der Waals surface area (Å²) in [6, 6.07) is 3.29. The van der Waals surface area contributed by atoms with Crippen LogP contribution in [0.4, 0.5) is 0 Å². The van der Waals surface area contributed by atoms with Crippen LogP contribution < -0.4 is 5.32 Å². The smallest absolute Gasteiger partial charge is 0.245 e. The number of aromatic nitrogens is 5. The Labute approximate surface area is 134 Å². The molecule has 1 N–H and O–H groups in total. The van der Waals surface area contributed by atoms with Gasteiger partial charge < -0.3 is 5.32 Å². The van der Waals surface area contributed by atoms with E-state index in [0.717, 1.165) is 22.3 Å². The number of carbonyl (C=O) groups excluding carboxylic acids is 1. The van der Waals surface area contributed by atoms with E-state index in [1.165, 1.54) is 0 Å². The van der Waals surface area contributed by atoms with Gasteiger partial charge in [-0.3, -0.25) is 14.5 Å². The van der Waals surface area contributed by atoms with Crippen molar-refractivity contribution in [3.63, 3.8) is 0 Å². The van der Waals surface area contributed by atoms with Crippen LogP contribution >= 0.6 is 0 Å². The van der Waals surface area contributed by atoms with Crippen LogP contribution in [0.5, 0.6) is 0 Å². The van der Waals surface area contributed by atoms with Crippen molar-refractivity contribution in [3.05, 3.63) is 42.0 Å². The molecule has 3 aromatic rings. The fourth-order valence-electron chi connectivity index (χ4n) is 2.74. The van der Waals surface area contributed by atoms with Gasteiger partial charge in [-0.05, 0) is 38.5 Å². The van der Waals surface area contributed by atoms with Gasteiger partial charge in [-0.25, -0.2) is 4.68 Å². The van der Waals surface area contributed by atoms with Crippen molar-refractivity contribution >= 4 is 16.9 Å². The Morgan fingerprint density at radius 3 is 2.65 bits per heavy atom. The van der Waals surface area contributed by atoms with E-state index in [9.17, 15) is 4.79 Å². The zero-order valence-electron chi connectivity index (χ0n) is 13.7. The Bertz CT molecular complexity index is 835. The number of nitrogens with one attached hydrogen (secondary N) is 1. The number of hydrogen-bond acceptors (Lipinski definition) is 4. The maximum absolute atomic E-state index is 12.6. The predicted molar refractivity (Wildman–Crippen MR) is 86.7 cm³/mol. The molecule has 3 rings (SSSR count). The third-order valence-electron chi connectivity index (χ3n) is 4.08. The zero-order chi connectivity index (χ0) is 16.6. The fourth-order valence-corrected chi connectivity index (χ4v) is 2.74. The van der Waals surface area contributed by atoms with E-state index in [0.29, 0.717) is 0 Å². The van der Waals surface area contributed by atoms with Gasteiger partial charge in [-0.1, -0.05) is 0 Å². The van der Waals surface area contributed by atoms with E-state index in [-0.39, 0.29) is 11.9 Å². The maximum Gasteiger partial charge on any atom is 0.245 e. The predicted octanol–water partition coefficient (Wildman–Crippen LogP) is 1.91. The first-order valence-electron chi connectivity index (χ1n) is 7.56. The highest BCUT2D eigenvalue weighted by molar-refractivity contribution is 5.84. The average molecular weight is 312 g/mol. The molecule has 3 heterocycles. The first kappa shape index (κ1) is 15.2. The molecule has 0 spiro atoms. The van der Waals surface area contributed by atoms with Gasteiger partial charge in [-0.2, -0.15) is 10.2 Å². The van der Waals surface area contributed by atoms with Gasteiger partial charge in [0.25, 0.3) is 0 Å². The van der Waals surface area contributed by atoms with Crippen molar-refractivity contribution in [1.29, 1.82) is 0 Å². The van der Waals surface area contributed by atoms with E-state index < -0.39 is 6.04 Å². The van der Waals surface area contributed by atoms with Crippen molar-refractivity contribution in [2.45, 2.75) is 32.9 Å². The molecule has 7 heteroatoms. The molecule has 0 radical (unpaired) electrons. The highest BCUT2D eigenvalue weighted by Gasteiger charge is 2.22. The number of nitrogens with zero attached hydrogens (tertiary/aromatic N) is 5. The lowest BCUT2D eigenvalue weighted by Crippen LogP contribution is -2.33. The van der Waals surface area contributed by atoms with Crippen molar-refractivity contribution in [1.82, 2.24) is 29.9 Å². The molecule has 3 aromatic heterocycles. The number of rotatable bonds is 4. The van der Waals surface area contributed by atoms with Crippen LogP contribution in [0.15, 0.2) is 30.7 Å². The first-order chi connectivity index (χ1) is 11.0. The summed E-state index contributed by atoms with van der Waals surface area (Å²) in [6.07, 6.45) is 5.18. The Hall–Kier alpha value is -2.70. The Kier molecular flexibility index (Phi) is 3.85. The van der Waals surface area contributed by atoms with Gasteiger partial charge in [0.15, 0.2) is 0 Å². The van der Waals surface area contributed by atoms with E-state index in [2.05, 4.69) is 20.5 Å².